The molecule has 1 saturated carbocycles. The molecular formula is C18H20FN3O3. The highest BCUT2D eigenvalue weighted by Crippen LogP contribution is 2.29. The number of amides is 1. The van der Waals surface area contributed by atoms with Crippen molar-refractivity contribution in [3.8, 4) is 0 Å². The van der Waals surface area contributed by atoms with Crippen LogP contribution in [0.4, 0.5) is 4.39 Å². The van der Waals surface area contributed by atoms with E-state index < -0.39 is 17.2 Å². The Hall–Kier alpha value is -2.70. The van der Waals surface area contributed by atoms with Gasteiger partial charge in [-0.3, -0.25) is 14.6 Å². The van der Waals surface area contributed by atoms with Crippen LogP contribution in [0.2, 0.25) is 0 Å². The number of aromatic nitrogens is 2. The Morgan fingerprint density at radius 3 is 2.72 bits per heavy atom. The Kier molecular flexibility index (Phi) is 4.83. The lowest BCUT2D eigenvalue weighted by atomic mass is 9.94. The topological polar surface area (TPSA) is 84.0 Å². The van der Waals surface area contributed by atoms with E-state index in [1.165, 1.54) is 29.9 Å². The van der Waals surface area contributed by atoms with Crippen molar-refractivity contribution in [2.75, 3.05) is 0 Å². The molecule has 3 rings (SSSR count). The number of aryl methyl sites for hydroxylation is 1. The molecular weight excluding hydrogens is 325 g/mol. The minimum Gasteiger partial charge on any atom is -0.349 e. The minimum atomic E-state index is -0.686. The Morgan fingerprint density at radius 1 is 1.28 bits per heavy atom. The molecule has 25 heavy (non-hydrogen) atoms. The van der Waals surface area contributed by atoms with Crippen LogP contribution in [0.1, 0.15) is 35.2 Å². The standard InChI is InChI=1S/C18H20FN3O3/c1-22-10-14(17(24)21-18(22)25)16(23)20-15-4-2-3-12(15)9-11-5-7-13(19)8-6-11/h5-8,10,12,15H,2-4,9H2,1H3,(H,20,23)(H,21,24,25)/t12-,15-/m0/s1. The number of benzene rings is 1. The average molecular weight is 345 g/mol. The SMILES string of the molecule is Cn1cc(C(=O)N[C@H]2CCC[C@H]2Cc2ccc(F)cc2)c(=O)[nH]c1=O. The van der Waals surface area contributed by atoms with E-state index in [1.54, 1.807) is 12.1 Å². The number of carbonyl (C=O) groups excluding carboxylic acids is 1. The predicted octanol–water partition coefficient (Wildman–Crippen LogP) is 1.35. The van der Waals surface area contributed by atoms with Crippen molar-refractivity contribution in [2.45, 2.75) is 31.7 Å². The molecule has 0 saturated heterocycles. The summed E-state index contributed by atoms with van der Waals surface area (Å²) < 4.78 is 14.2. The second-order valence-corrected chi connectivity index (χ2v) is 6.51. The van der Waals surface area contributed by atoms with Gasteiger partial charge < -0.3 is 9.88 Å². The van der Waals surface area contributed by atoms with Gasteiger partial charge in [-0.1, -0.05) is 18.6 Å². The number of carbonyl (C=O) groups is 1. The molecule has 6 nitrogen and oxygen atoms in total. The molecule has 1 heterocycles. The quantitative estimate of drug-likeness (QED) is 0.877. The molecule has 1 aromatic carbocycles. The summed E-state index contributed by atoms with van der Waals surface area (Å²) in [6.07, 6.45) is 4.78. The summed E-state index contributed by atoms with van der Waals surface area (Å²) in [7, 11) is 1.47. The highest BCUT2D eigenvalue weighted by Gasteiger charge is 2.29. The molecule has 0 spiro atoms. The number of hydrogen-bond acceptors (Lipinski definition) is 3. The highest BCUT2D eigenvalue weighted by molar-refractivity contribution is 5.93. The first-order chi connectivity index (χ1) is 11.9. The molecule has 132 valence electrons. The number of nitrogens with zero attached hydrogens (tertiary/aromatic N) is 1. The smallest absolute Gasteiger partial charge is 0.328 e. The van der Waals surface area contributed by atoms with Crippen LogP contribution in [0.25, 0.3) is 0 Å². The van der Waals surface area contributed by atoms with Crippen molar-refractivity contribution in [2.24, 2.45) is 13.0 Å². The molecule has 0 radical (unpaired) electrons. The van der Waals surface area contributed by atoms with Crippen LogP contribution in [-0.2, 0) is 13.5 Å². The molecule has 1 aromatic heterocycles. The summed E-state index contributed by atoms with van der Waals surface area (Å²) in [5.41, 5.74) is -0.299. The molecule has 1 fully saturated rings. The lowest BCUT2D eigenvalue weighted by molar-refractivity contribution is 0.0925. The second kappa shape index (κ2) is 7.04. The van der Waals surface area contributed by atoms with E-state index in [-0.39, 0.29) is 23.3 Å². The molecule has 1 amide bonds. The largest absolute Gasteiger partial charge is 0.349 e. The molecule has 0 aliphatic heterocycles. The summed E-state index contributed by atoms with van der Waals surface area (Å²) in [6, 6.07) is 6.33. The third-order valence-electron chi connectivity index (χ3n) is 4.74. The fourth-order valence-corrected chi connectivity index (χ4v) is 3.37. The number of hydrogen-bond donors (Lipinski definition) is 2. The number of halogens is 1. The van der Waals surface area contributed by atoms with Crippen LogP contribution in [0.3, 0.4) is 0 Å². The van der Waals surface area contributed by atoms with E-state index in [9.17, 15) is 18.8 Å². The van der Waals surface area contributed by atoms with Crippen molar-refractivity contribution in [3.63, 3.8) is 0 Å². The van der Waals surface area contributed by atoms with Gasteiger partial charge in [-0.05, 0) is 42.9 Å². The fourth-order valence-electron chi connectivity index (χ4n) is 3.37. The first kappa shape index (κ1) is 17.1. The minimum absolute atomic E-state index is 0.0470. The molecule has 2 atom stereocenters. The zero-order valence-electron chi connectivity index (χ0n) is 13.9. The number of rotatable bonds is 4. The summed E-state index contributed by atoms with van der Waals surface area (Å²) in [4.78, 5) is 37.8. The molecule has 1 aliphatic rings. The maximum Gasteiger partial charge on any atom is 0.328 e. The lowest BCUT2D eigenvalue weighted by Crippen LogP contribution is -2.42. The third-order valence-corrected chi connectivity index (χ3v) is 4.74. The average Bonchev–Trinajstić information content (AvgIpc) is 3.00. The molecule has 0 unspecified atom stereocenters. The zero-order valence-corrected chi connectivity index (χ0v) is 13.9. The zero-order chi connectivity index (χ0) is 18.0. The monoisotopic (exact) mass is 345 g/mol. The highest BCUT2D eigenvalue weighted by atomic mass is 19.1. The van der Waals surface area contributed by atoms with Crippen molar-refractivity contribution in [3.05, 3.63) is 68.2 Å². The molecule has 2 aromatic rings. The summed E-state index contributed by atoms with van der Waals surface area (Å²) in [6.45, 7) is 0. The van der Waals surface area contributed by atoms with E-state index in [4.69, 9.17) is 0 Å². The summed E-state index contributed by atoms with van der Waals surface area (Å²) in [5.74, 6) is -0.511. The van der Waals surface area contributed by atoms with Gasteiger partial charge in [0.2, 0.25) is 0 Å². The van der Waals surface area contributed by atoms with Gasteiger partial charge in [-0.2, -0.15) is 0 Å². The van der Waals surface area contributed by atoms with Crippen LogP contribution >= 0.6 is 0 Å². The Balaban J connectivity index is 1.72. The van der Waals surface area contributed by atoms with Gasteiger partial charge >= 0.3 is 5.69 Å². The predicted molar refractivity (Wildman–Crippen MR) is 91.0 cm³/mol. The summed E-state index contributed by atoms with van der Waals surface area (Å²) >= 11 is 0. The Morgan fingerprint density at radius 2 is 2.00 bits per heavy atom. The van der Waals surface area contributed by atoms with Crippen LogP contribution in [-0.4, -0.2) is 21.5 Å². The normalized spacial score (nSPS) is 19.8. The second-order valence-electron chi connectivity index (χ2n) is 6.51. The van der Waals surface area contributed by atoms with Crippen molar-refractivity contribution < 1.29 is 9.18 Å². The molecule has 2 N–H and O–H groups in total. The molecule has 1 aliphatic carbocycles. The molecule has 0 bridgehead atoms. The number of nitrogens with one attached hydrogen (secondary N) is 2. The van der Waals surface area contributed by atoms with E-state index in [0.717, 1.165) is 31.2 Å². The number of aromatic amines is 1. The van der Waals surface area contributed by atoms with Crippen LogP contribution in [0, 0.1) is 11.7 Å². The van der Waals surface area contributed by atoms with Gasteiger partial charge in [0, 0.05) is 19.3 Å². The summed E-state index contributed by atoms with van der Waals surface area (Å²) in [5, 5.41) is 2.92. The number of H-pyrrole nitrogens is 1. The van der Waals surface area contributed by atoms with Crippen molar-refractivity contribution in [1.82, 2.24) is 14.9 Å². The van der Waals surface area contributed by atoms with Crippen LogP contribution < -0.4 is 16.6 Å². The molecule has 7 heteroatoms. The first-order valence-corrected chi connectivity index (χ1v) is 8.29. The lowest BCUT2D eigenvalue weighted by Gasteiger charge is -2.21. The van der Waals surface area contributed by atoms with Crippen molar-refractivity contribution in [1.29, 1.82) is 0 Å². The van der Waals surface area contributed by atoms with Gasteiger partial charge in [0.25, 0.3) is 11.5 Å². The fraction of sp³-hybridized carbons (Fsp3) is 0.389. The Labute approximate surface area is 143 Å². The maximum atomic E-state index is 13.0. The van der Waals surface area contributed by atoms with E-state index in [2.05, 4.69) is 10.3 Å². The van der Waals surface area contributed by atoms with Gasteiger partial charge in [0.1, 0.15) is 11.4 Å². The van der Waals surface area contributed by atoms with Crippen LogP contribution in [0.15, 0.2) is 40.1 Å². The van der Waals surface area contributed by atoms with Gasteiger partial charge in [0.15, 0.2) is 0 Å². The van der Waals surface area contributed by atoms with E-state index in [1.807, 2.05) is 0 Å². The van der Waals surface area contributed by atoms with Crippen LogP contribution in [0.5, 0.6) is 0 Å². The third kappa shape index (κ3) is 3.87. The van der Waals surface area contributed by atoms with E-state index in [0.29, 0.717) is 0 Å². The first-order valence-electron chi connectivity index (χ1n) is 8.29. The van der Waals surface area contributed by atoms with Gasteiger partial charge in [0.05, 0.1) is 0 Å². The maximum absolute atomic E-state index is 13.0. The Bertz CT molecular complexity index is 886. The van der Waals surface area contributed by atoms with Gasteiger partial charge in [-0.15, -0.1) is 0 Å². The van der Waals surface area contributed by atoms with Gasteiger partial charge in [-0.25, -0.2) is 9.18 Å². The van der Waals surface area contributed by atoms with Crippen molar-refractivity contribution >= 4 is 5.91 Å². The van der Waals surface area contributed by atoms with E-state index >= 15 is 0 Å².